The van der Waals surface area contributed by atoms with Crippen molar-refractivity contribution in [2.75, 3.05) is 12.4 Å². The average molecular weight is 354 g/mol. The van der Waals surface area contributed by atoms with Crippen molar-refractivity contribution in [3.8, 4) is 5.75 Å². The summed E-state index contributed by atoms with van der Waals surface area (Å²) >= 11 is 5.13. The minimum atomic E-state index is -0.993. The minimum Gasteiger partial charge on any atom is -0.497 e. The zero-order valence-corrected chi connectivity index (χ0v) is 14.3. The molecule has 0 aliphatic heterocycles. The summed E-state index contributed by atoms with van der Waals surface area (Å²) in [5.41, 5.74) is 0.721. The normalized spacial score (nSPS) is 11.4. The molecule has 24 heavy (non-hydrogen) atoms. The number of carbonyl (C=O) groups is 2. The number of hydrogen-bond acceptors (Lipinski definition) is 4. The largest absolute Gasteiger partial charge is 0.497 e. The Hall–Kier alpha value is -2.35. The molecule has 0 fully saturated rings. The molecule has 0 aromatic heterocycles. The molecule has 4 N–H and O–H groups in total. The molecular formula is C16H22N2O5S. The first kappa shape index (κ1) is 19.7. The molecule has 1 aromatic carbocycles. The van der Waals surface area contributed by atoms with Crippen LogP contribution in [0.25, 0.3) is 0 Å². The smallest absolute Gasteiger partial charge is 0.326 e. The zero-order chi connectivity index (χ0) is 17.9. The van der Waals surface area contributed by atoms with Crippen molar-refractivity contribution in [2.45, 2.75) is 38.1 Å². The Kier molecular flexibility index (Phi) is 8.56. The zero-order valence-electron chi connectivity index (χ0n) is 13.4. The Bertz CT molecular complexity index is 562. The molecule has 1 unspecified atom stereocenters. The van der Waals surface area contributed by atoms with E-state index in [9.17, 15) is 14.7 Å². The lowest BCUT2D eigenvalue weighted by molar-refractivity contribution is -0.139. The molecule has 0 radical (unpaired) electrons. The summed E-state index contributed by atoms with van der Waals surface area (Å²) in [5.74, 6) is -1.12. The van der Waals surface area contributed by atoms with Gasteiger partial charge in [0.2, 0.25) is 0 Å². The van der Waals surface area contributed by atoms with Crippen molar-refractivity contribution in [3.63, 3.8) is 0 Å². The highest BCUT2D eigenvalue weighted by molar-refractivity contribution is 7.80. The van der Waals surface area contributed by atoms with Crippen molar-refractivity contribution in [1.29, 1.82) is 0 Å². The highest BCUT2D eigenvalue weighted by atomic mass is 32.1. The molecule has 0 bridgehead atoms. The quantitative estimate of drug-likeness (QED) is 0.375. The minimum absolute atomic E-state index is 0.0998. The summed E-state index contributed by atoms with van der Waals surface area (Å²) in [6.07, 6.45) is 2.29. The Labute approximate surface area is 146 Å². The van der Waals surface area contributed by atoms with Crippen LogP contribution in [0.2, 0.25) is 0 Å². The molecule has 0 saturated carbocycles. The van der Waals surface area contributed by atoms with Gasteiger partial charge in [-0.05, 0) is 49.3 Å². The lowest BCUT2D eigenvalue weighted by atomic mass is 10.1. The van der Waals surface area contributed by atoms with E-state index in [0.717, 1.165) is 5.69 Å². The third-order valence-electron chi connectivity index (χ3n) is 3.33. The van der Waals surface area contributed by atoms with Gasteiger partial charge in [0.1, 0.15) is 11.8 Å². The van der Waals surface area contributed by atoms with E-state index in [4.69, 9.17) is 22.1 Å². The summed E-state index contributed by atoms with van der Waals surface area (Å²) in [4.78, 5) is 21.7. The van der Waals surface area contributed by atoms with E-state index < -0.39 is 18.0 Å². The number of benzene rings is 1. The molecule has 1 rings (SSSR count). The van der Waals surface area contributed by atoms with Crippen molar-refractivity contribution >= 4 is 35.0 Å². The number of hydrogen-bond donors (Lipinski definition) is 4. The number of ether oxygens (including phenoxy) is 1. The number of aliphatic carboxylic acids is 2. The van der Waals surface area contributed by atoms with Gasteiger partial charge in [-0.1, -0.05) is 12.8 Å². The maximum Gasteiger partial charge on any atom is 0.326 e. The molecule has 1 aromatic rings. The van der Waals surface area contributed by atoms with Crippen molar-refractivity contribution in [2.24, 2.45) is 0 Å². The molecule has 0 amide bonds. The van der Waals surface area contributed by atoms with Gasteiger partial charge in [-0.15, -0.1) is 0 Å². The number of nitrogens with one attached hydrogen (secondary N) is 2. The van der Waals surface area contributed by atoms with E-state index in [1.165, 1.54) is 0 Å². The van der Waals surface area contributed by atoms with Crippen LogP contribution in [-0.2, 0) is 9.59 Å². The molecule has 7 nitrogen and oxygen atoms in total. The third kappa shape index (κ3) is 7.77. The second-order valence-corrected chi connectivity index (χ2v) is 5.62. The first-order chi connectivity index (χ1) is 11.4. The van der Waals surface area contributed by atoms with Crippen LogP contribution in [0.5, 0.6) is 5.75 Å². The maximum atomic E-state index is 11.3. The average Bonchev–Trinajstić information content (AvgIpc) is 2.53. The van der Waals surface area contributed by atoms with Gasteiger partial charge in [0.25, 0.3) is 0 Å². The fraction of sp³-hybridized carbons (Fsp3) is 0.438. The molecule has 132 valence electrons. The maximum absolute atomic E-state index is 11.3. The number of carboxylic acids is 2. The van der Waals surface area contributed by atoms with E-state index in [0.29, 0.717) is 31.4 Å². The summed E-state index contributed by atoms with van der Waals surface area (Å²) in [7, 11) is 1.57. The molecule has 0 saturated heterocycles. The van der Waals surface area contributed by atoms with E-state index in [1.807, 2.05) is 0 Å². The predicted molar refractivity (Wildman–Crippen MR) is 94.5 cm³/mol. The van der Waals surface area contributed by atoms with Crippen LogP contribution in [0.4, 0.5) is 5.69 Å². The molecular weight excluding hydrogens is 332 g/mol. The molecule has 0 aliphatic rings. The monoisotopic (exact) mass is 354 g/mol. The van der Waals surface area contributed by atoms with Gasteiger partial charge in [-0.25, -0.2) is 4.79 Å². The SMILES string of the molecule is COc1ccc(NC(=S)NC(CCCCCC(=O)O)C(=O)O)cc1. The van der Waals surface area contributed by atoms with Crippen molar-refractivity contribution in [3.05, 3.63) is 24.3 Å². The second kappa shape index (κ2) is 10.4. The fourth-order valence-corrected chi connectivity index (χ4v) is 2.32. The number of carboxylic acid groups (broad SMARTS) is 2. The van der Waals surface area contributed by atoms with Crippen LogP contribution in [0.3, 0.4) is 0 Å². The van der Waals surface area contributed by atoms with E-state index in [-0.39, 0.29) is 11.5 Å². The van der Waals surface area contributed by atoms with Gasteiger partial charge in [0, 0.05) is 12.1 Å². The van der Waals surface area contributed by atoms with Gasteiger partial charge >= 0.3 is 11.9 Å². The number of thiocarbonyl (C=S) groups is 1. The van der Waals surface area contributed by atoms with Crippen LogP contribution < -0.4 is 15.4 Å². The van der Waals surface area contributed by atoms with Gasteiger partial charge < -0.3 is 25.6 Å². The number of unbranched alkanes of at least 4 members (excludes halogenated alkanes) is 2. The number of methoxy groups -OCH3 is 1. The molecule has 0 aliphatic carbocycles. The standard InChI is InChI=1S/C16H22N2O5S/c1-23-12-9-7-11(8-10-12)17-16(24)18-13(15(21)22)5-3-2-4-6-14(19)20/h7-10,13H,2-6H2,1H3,(H,19,20)(H,21,22)(H2,17,18,24). The first-order valence-corrected chi connectivity index (χ1v) is 7.99. The number of anilines is 1. The van der Waals surface area contributed by atoms with E-state index in [1.54, 1.807) is 31.4 Å². The van der Waals surface area contributed by atoms with Crippen molar-refractivity contribution < 1.29 is 24.5 Å². The Morgan fingerprint density at radius 1 is 1.17 bits per heavy atom. The Morgan fingerprint density at radius 3 is 2.38 bits per heavy atom. The summed E-state index contributed by atoms with van der Waals surface area (Å²) < 4.78 is 5.06. The third-order valence-corrected chi connectivity index (χ3v) is 3.55. The van der Waals surface area contributed by atoms with Crippen LogP contribution >= 0.6 is 12.2 Å². The molecule has 0 heterocycles. The van der Waals surface area contributed by atoms with Crippen molar-refractivity contribution in [1.82, 2.24) is 5.32 Å². The Balaban J connectivity index is 2.41. The molecule has 8 heteroatoms. The van der Waals surface area contributed by atoms with Gasteiger partial charge in [0.15, 0.2) is 5.11 Å². The molecule has 0 spiro atoms. The Morgan fingerprint density at radius 2 is 1.83 bits per heavy atom. The van der Waals surface area contributed by atoms with Crippen LogP contribution in [0, 0.1) is 0 Å². The van der Waals surface area contributed by atoms with Gasteiger partial charge in [-0.2, -0.15) is 0 Å². The molecule has 1 atom stereocenters. The summed E-state index contributed by atoms with van der Waals surface area (Å²) in [6.45, 7) is 0. The topological polar surface area (TPSA) is 108 Å². The summed E-state index contributed by atoms with van der Waals surface area (Å²) in [5, 5.41) is 23.7. The summed E-state index contributed by atoms with van der Waals surface area (Å²) in [6, 6.07) is 6.26. The fourth-order valence-electron chi connectivity index (χ4n) is 2.06. The van der Waals surface area contributed by atoms with Gasteiger partial charge in [-0.3, -0.25) is 4.79 Å². The highest BCUT2D eigenvalue weighted by Crippen LogP contribution is 2.15. The van der Waals surface area contributed by atoms with E-state index >= 15 is 0 Å². The lowest BCUT2D eigenvalue weighted by Gasteiger charge is -2.17. The van der Waals surface area contributed by atoms with E-state index in [2.05, 4.69) is 10.6 Å². The predicted octanol–water partition coefficient (Wildman–Crippen LogP) is 2.47. The van der Waals surface area contributed by atoms with Crippen LogP contribution in [0.15, 0.2) is 24.3 Å². The highest BCUT2D eigenvalue weighted by Gasteiger charge is 2.17. The lowest BCUT2D eigenvalue weighted by Crippen LogP contribution is -2.42. The first-order valence-electron chi connectivity index (χ1n) is 7.58. The van der Waals surface area contributed by atoms with Crippen LogP contribution in [0.1, 0.15) is 32.1 Å². The van der Waals surface area contributed by atoms with Gasteiger partial charge in [0.05, 0.1) is 7.11 Å². The second-order valence-electron chi connectivity index (χ2n) is 5.21. The number of rotatable bonds is 10. The van der Waals surface area contributed by atoms with Crippen LogP contribution in [-0.4, -0.2) is 40.4 Å².